The highest BCUT2D eigenvalue weighted by Gasteiger charge is 2.39. The van der Waals surface area contributed by atoms with Gasteiger partial charge in [-0.25, -0.2) is 0 Å². The molecule has 0 saturated heterocycles. The number of aliphatic carboxylic acids is 1. The number of carbonyl (C=O) groups is 2. The molecule has 4 heterocycles. The molecule has 0 radical (unpaired) electrons. The van der Waals surface area contributed by atoms with Gasteiger partial charge in [-0.1, -0.05) is 36.4 Å². The molecule has 0 fully saturated rings. The number of ether oxygens (including phenoxy) is 2. The number of benzene rings is 3. The van der Waals surface area contributed by atoms with Crippen LogP contribution in [0.4, 0.5) is 13.2 Å². The van der Waals surface area contributed by atoms with Crippen LogP contribution < -0.4 is 9.47 Å². The van der Waals surface area contributed by atoms with E-state index in [1.54, 1.807) is 21.6 Å². The van der Waals surface area contributed by atoms with Gasteiger partial charge >= 0.3 is 12.1 Å². The summed E-state index contributed by atoms with van der Waals surface area (Å²) >= 11 is 0. The lowest BCUT2D eigenvalue weighted by Crippen LogP contribution is -2.41. The second kappa shape index (κ2) is 9.97. The van der Waals surface area contributed by atoms with E-state index in [0.29, 0.717) is 29.2 Å². The average Bonchev–Trinajstić information content (AvgIpc) is 3.74. The fourth-order valence-corrected chi connectivity index (χ4v) is 6.02. The Morgan fingerprint density at radius 3 is 2.56 bits per heavy atom. The standard InChI is InChI=1S/C32H23F3N2O6/c33-32(34,35)20-5-3-4-18(14-20)24-10-11-26(43-24)31(40)36-13-12-22-21-6-1-2-7-23(21)37(16-28(38)39)30(22)29(36)19-8-9-25-27(15-19)42-17-41-25/h1-11,14-15,29H,12-13,16-17H2,(H,38,39). The van der Waals surface area contributed by atoms with Gasteiger partial charge in [0.2, 0.25) is 6.79 Å². The van der Waals surface area contributed by atoms with Gasteiger partial charge in [0, 0.05) is 28.7 Å². The summed E-state index contributed by atoms with van der Waals surface area (Å²) in [7, 11) is 0. The van der Waals surface area contributed by atoms with Crippen LogP contribution in [0, 0.1) is 0 Å². The third kappa shape index (κ3) is 4.57. The van der Waals surface area contributed by atoms with Crippen LogP contribution in [0.1, 0.15) is 39.0 Å². The minimum absolute atomic E-state index is 0.0532. The molecule has 1 N–H and O–H groups in total. The van der Waals surface area contributed by atoms with Crippen LogP contribution in [0.2, 0.25) is 0 Å². The molecule has 2 aliphatic heterocycles. The fourth-order valence-electron chi connectivity index (χ4n) is 6.02. The molecule has 1 unspecified atom stereocenters. The summed E-state index contributed by atoms with van der Waals surface area (Å²) in [6.45, 7) is 0.0202. The molecule has 1 atom stereocenters. The first-order valence-electron chi connectivity index (χ1n) is 13.5. The maximum atomic E-state index is 14.1. The lowest BCUT2D eigenvalue weighted by Gasteiger charge is -2.37. The summed E-state index contributed by atoms with van der Waals surface area (Å²) in [5.74, 6) is -0.399. The van der Waals surface area contributed by atoms with Crippen molar-refractivity contribution in [1.29, 1.82) is 0 Å². The smallest absolute Gasteiger partial charge is 0.416 e. The van der Waals surface area contributed by atoms with Crippen LogP contribution in [0.25, 0.3) is 22.2 Å². The number of carboxylic acids is 1. The molecule has 2 aliphatic rings. The highest BCUT2D eigenvalue weighted by molar-refractivity contribution is 5.94. The molecule has 2 aromatic heterocycles. The predicted molar refractivity (Wildman–Crippen MR) is 148 cm³/mol. The third-order valence-corrected chi connectivity index (χ3v) is 7.85. The van der Waals surface area contributed by atoms with E-state index in [-0.39, 0.29) is 37.0 Å². The van der Waals surface area contributed by atoms with Crippen molar-refractivity contribution in [2.45, 2.75) is 25.2 Å². The number of amides is 1. The van der Waals surface area contributed by atoms with E-state index in [9.17, 15) is 27.9 Å². The predicted octanol–water partition coefficient (Wildman–Crippen LogP) is 6.52. The molecule has 11 heteroatoms. The summed E-state index contributed by atoms with van der Waals surface area (Å²) < 4.78 is 58.6. The first kappa shape index (κ1) is 26.7. The van der Waals surface area contributed by atoms with Crippen molar-refractivity contribution in [3.05, 3.63) is 107 Å². The lowest BCUT2D eigenvalue weighted by atomic mass is 9.91. The van der Waals surface area contributed by atoms with Gasteiger partial charge in [-0.15, -0.1) is 0 Å². The van der Waals surface area contributed by atoms with Crippen LogP contribution in [-0.2, 0) is 23.9 Å². The monoisotopic (exact) mass is 588 g/mol. The van der Waals surface area contributed by atoms with Crippen molar-refractivity contribution < 1.29 is 41.8 Å². The summed E-state index contributed by atoms with van der Waals surface area (Å²) in [5, 5.41) is 10.7. The highest BCUT2D eigenvalue weighted by Crippen LogP contribution is 2.44. The van der Waals surface area contributed by atoms with Crippen molar-refractivity contribution in [2.75, 3.05) is 13.3 Å². The number of carboxylic acid groups (broad SMARTS) is 1. The maximum absolute atomic E-state index is 14.1. The molecule has 0 saturated carbocycles. The third-order valence-electron chi connectivity index (χ3n) is 7.85. The molecular formula is C32H23F3N2O6. The van der Waals surface area contributed by atoms with E-state index >= 15 is 0 Å². The Hall–Kier alpha value is -5.19. The average molecular weight is 589 g/mol. The Bertz CT molecular complexity index is 1910. The summed E-state index contributed by atoms with van der Waals surface area (Å²) in [6.07, 6.45) is -4.07. The van der Waals surface area contributed by atoms with E-state index in [1.807, 2.05) is 30.3 Å². The number of hydrogen-bond donors (Lipinski definition) is 1. The molecule has 3 aromatic carbocycles. The van der Waals surface area contributed by atoms with Crippen molar-refractivity contribution in [3.63, 3.8) is 0 Å². The van der Waals surface area contributed by atoms with Crippen LogP contribution in [0.15, 0.2) is 83.3 Å². The minimum Gasteiger partial charge on any atom is -0.480 e. The van der Waals surface area contributed by atoms with Crippen molar-refractivity contribution in [1.82, 2.24) is 9.47 Å². The Morgan fingerprint density at radius 2 is 1.74 bits per heavy atom. The Morgan fingerprint density at radius 1 is 0.930 bits per heavy atom. The fraction of sp³-hybridized carbons (Fsp3) is 0.188. The van der Waals surface area contributed by atoms with E-state index in [1.165, 1.54) is 24.3 Å². The Balaban J connectivity index is 1.34. The quantitative estimate of drug-likeness (QED) is 0.251. The first-order chi connectivity index (χ1) is 20.7. The van der Waals surface area contributed by atoms with Gasteiger partial charge in [0.25, 0.3) is 5.91 Å². The summed E-state index contributed by atoms with van der Waals surface area (Å²) in [4.78, 5) is 27.7. The molecule has 8 nitrogen and oxygen atoms in total. The largest absolute Gasteiger partial charge is 0.480 e. The normalized spacial score (nSPS) is 16.0. The molecule has 5 aromatic rings. The van der Waals surface area contributed by atoms with E-state index < -0.39 is 29.7 Å². The molecule has 218 valence electrons. The zero-order valence-corrected chi connectivity index (χ0v) is 22.4. The van der Waals surface area contributed by atoms with Crippen LogP contribution in [-0.4, -0.2) is 39.8 Å². The molecule has 43 heavy (non-hydrogen) atoms. The van der Waals surface area contributed by atoms with Crippen molar-refractivity contribution in [3.8, 4) is 22.8 Å². The molecule has 7 rings (SSSR count). The summed E-state index contributed by atoms with van der Waals surface area (Å²) in [6, 6.07) is 19.7. The van der Waals surface area contributed by atoms with Gasteiger partial charge in [0.15, 0.2) is 17.3 Å². The number of aromatic nitrogens is 1. The minimum atomic E-state index is -4.53. The number of furan rings is 1. The highest BCUT2D eigenvalue weighted by atomic mass is 19.4. The van der Waals surface area contributed by atoms with Gasteiger partial charge < -0.3 is 28.5 Å². The van der Waals surface area contributed by atoms with E-state index in [0.717, 1.165) is 28.6 Å². The molecule has 0 aliphatic carbocycles. The van der Waals surface area contributed by atoms with Gasteiger partial charge in [-0.3, -0.25) is 9.59 Å². The van der Waals surface area contributed by atoms with Crippen molar-refractivity contribution >= 4 is 22.8 Å². The topological polar surface area (TPSA) is 94.1 Å². The second-order valence-electron chi connectivity index (χ2n) is 10.4. The van der Waals surface area contributed by atoms with E-state index in [4.69, 9.17) is 13.9 Å². The number of carbonyl (C=O) groups excluding carboxylic acids is 1. The van der Waals surface area contributed by atoms with Gasteiger partial charge in [0.05, 0.1) is 11.6 Å². The lowest BCUT2D eigenvalue weighted by molar-refractivity contribution is -0.138. The number of rotatable bonds is 5. The number of hydrogen-bond acceptors (Lipinski definition) is 5. The zero-order valence-electron chi connectivity index (χ0n) is 22.4. The van der Waals surface area contributed by atoms with E-state index in [2.05, 4.69) is 0 Å². The first-order valence-corrected chi connectivity index (χ1v) is 13.5. The SMILES string of the molecule is O=C(O)Cn1c2c(c3ccccc31)CCN(C(=O)c1ccc(-c3cccc(C(F)(F)F)c3)o1)C2c1ccc2c(c1)OCO2. The number of para-hydroxylation sites is 1. The number of fused-ring (bicyclic) bond motifs is 4. The maximum Gasteiger partial charge on any atom is 0.416 e. The zero-order chi connectivity index (χ0) is 29.9. The Labute approximate surface area is 242 Å². The van der Waals surface area contributed by atoms with Gasteiger partial charge in [-0.05, 0) is 60.0 Å². The van der Waals surface area contributed by atoms with Gasteiger partial charge in [-0.2, -0.15) is 13.2 Å². The molecular weight excluding hydrogens is 565 g/mol. The van der Waals surface area contributed by atoms with Crippen LogP contribution >= 0.6 is 0 Å². The summed E-state index contributed by atoms with van der Waals surface area (Å²) in [5.41, 5.74) is 2.37. The second-order valence-corrected chi connectivity index (χ2v) is 10.4. The number of halogens is 3. The van der Waals surface area contributed by atoms with Crippen molar-refractivity contribution in [2.24, 2.45) is 0 Å². The molecule has 0 spiro atoms. The Kier molecular flexibility index (Phi) is 6.19. The molecule has 0 bridgehead atoms. The van der Waals surface area contributed by atoms with Gasteiger partial charge in [0.1, 0.15) is 12.3 Å². The number of alkyl halides is 3. The van der Waals surface area contributed by atoms with Crippen LogP contribution in [0.3, 0.4) is 0 Å². The van der Waals surface area contributed by atoms with Crippen LogP contribution in [0.5, 0.6) is 11.5 Å². The number of nitrogens with zero attached hydrogens (tertiary/aromatic N) is 2. The molecule has 1 amide bonds.